The molecular weight excluding hydrogens is 395 g/mol. The zero-order valence-electron chi connectivity index (χ0n) is 16.2. The van der Waals surface area contributed by atoms with Gasteiger partial charge in [-0.2, -0.15) is 0 Å². The van der Waals surface area contributed by atoms with E-state index in [9.17, 15) is 4.57 Å². The molecule has 0 radical (unpaired) electrons. The van der Waals surface area contributed by atoms with E-state index < -0.39 is 13.4 Å². The summed E-state index contributed by atoms with van der Waals surface area (Å²) in [6, 6.07) is 31.2. The first-order valence-corrected chi connectivity index (χ1v) is 11.1. The molecule has 4 rings (SSSR count). The maximum Gasteiger partial charge on any atom is 0.457 e. The highest BCUT2D eigenvalue weighted by atomic mass is 31.2. The van der Waals surface area contributed by atoms with Gasteiger partial charge in [0.05, 0.1) is 0 Å². The highest BCUT2D eigenvalue weighted by Crippen LogP contribution is 2.60. The van der Waals surface area contributed by atoms with Gasteiger partial charge in [-0.15, -0.1) is 0 Å². The van der Waals surface area contributed by atoms with Gasteiger partial charge in [0.2, 0.25) is 0 Å². The monoisotopic (exact) mass is 416 g/mol. The summed E-state index contributed by atoms with van der Waals surface area (Å²) in [6.45, 7) is 0. The van der Waals surface area contributed by atoms with Crippen molar-refractivity contribution in [1.82, 2.24) is 4.98 Å². The quantitative estimate of drug-likeness (QED) is 0.330. The molecule has 6 heteroatoms. The Bertz CT molecular complexity index is 1050. The van der Waals surface area contributed by atoms with E-state index in [-0.39, 0.29) is 0 Å². The number of anilines is 1. The van der Waals surface area contributed by atoms with Crippen LogP contribution >= 0.6 is 7.60 Å². The van der Waals surface area contributed by atoms with E-state index in [0.29, 0.717) is 11.5 Å². The van der Waals surface area contributed by atoms with Crippen LogP contribution in [0.5, 0.6) is 11.5 Å². The highest BCUT2D eigenvalue weighted by Gasteiger charge is 2.41. The Morgan fingerprint density at radius 1 is 0.667 bits per heavy atom. The largest absolute Gasteiger partial charge is 0.457 e. The second-order valence-electron chi connectivity index (χ2n) is 6.54. The van der Waals surface area contributed by atoms with Crippen molar-refractivity contribution in [1.29, 1.82) is 0 Å². The topological polar surface area (TPSA) is 60.5 Å². The van der Waals surface area contributed by atoms with Crippen LogP contribution in [-0.2, 0) is 4.57 Å². The normalized spacial score (nSPS) is 12.0. The van der Waals surface area contributed by atoms with Gasteiger partial charge >= 0.3 is 7.60 Å². The van der Waals surface area contributed by atoms with Crippen molar-refractivity contribution in [2.45, 2.75) is 5.78 Å². The molecule has 0 fully saturated rings. The molecule has 5 nitrogen and oxygen atoms in total. The van der Waals surface area contributed by atoms with Crippen LogP contribution in [0.2, 0.25) is 0 Å². The average Bonchev–Trinajstić information content (AvgIpc) is 2.80. The van der Waals surface area contributed by atoms with Crippen molar-refractivity contribution >= 4 is 13.3 Å². The van der Waals surface area contributed by atoms with Gasteiger partial charge < -0.3 is 14.4 Å². The van der Waals surface area contributed by atoms with Crippen LogP contribution in [0.3, 0.4) is 0 Å². The zero-order valence-corrected chi connectivity index (χ0v) is 17.1. The number of nitrogens with one attached hydrogen (secondary N) is 1. The number of hydrogen-bond acceptors (Lipinski definition) is 5. The summed E-state index contributed by atoms with van der Waals surface area (Å²) in [5.74, 6) is 0.166. The lowest BCUT2D eigenvalue weighted by atomic mass is 10.2. The number of nitrogens with zero attached hydrogens (tertiary/aromatic N) is 1. The summed E-state index contributed by atoms with van der Waals surface area (Å²) >= 11 is 0. The molecule has 1 unspecified atom stereocenters. The molecule has 3 aromatic carbocycles. The first kappa shape index (κ1) is 19.7. The number of para-hydroxylation sites is 3. The summed E-state index contributed by atoms with van der Waals surface area (Å²) in [6.07, 6.45) is 3.31. The van der Waals surface area contributed by atoms with E-state index in [0.717, 1.165) is 11.3 Å². The number of hydrogen-bond donors (Lipinski definition) is 1. The molecule has 1 heterocycles. The molecule has 0 aliphatic heterocycles. The molecule has 4 aromatic rings. The van der Waals surface area contributed by atoms with Crippen LogP contribution < -0.4 is 14.4 Å². The molecule has 0 amide bonds. The maximum absolute atomic E-state index is 14.3. The molecule has 0 saturated heterocycles. The van der Waals surface area contributed by atoms with Crippen molar-refractivity contribution in [2.75, 3.05) is 5.32 Å². The van der Waals surface area contributed by atoms with Crippen LogP contribution in [-0.4, -0.2) is 4.98 Å². The van der Waals surface area contributed by atoms with Crippen LogP contribution in [0.1, 0.15) is 11.3 Å². The first-order valence-electron chi connectivity index (χ1n) is 9.53. The summed E-state index contributed by atoms with van der Waals surface area (Å²) < 4.78 is 26.4. The number of benzene rings is 3. The van der Waals surface area contributed by atoms with Crippen molar-refractivity contribution in [3.63, 3.8) is 0 Å². The van der Waals surface area contributed by atoms with Crippen molar-refractivity contribution < 1.29 is 13.6 Å². The van der Waals surface area contributed by atoms with Gasteiger partial charge in [0.1, 0.15) is 11.5 Å². The molecule has 0 saturated carbocycles. The minimum atomic E-state index is -3.80. The predicted molar refractivity (Wildman–Crippen MR) is 119 cm³/mol. The van der Waals surface area contributed by atoms with Crippen LogP contribution in [0.15, 0.2) is 116 Å². The summed E-state index contributed by atoms with van der Waals surface area (Å²) in [7, 11) is -3.80. The minimum Gasteiger partial charge on any atom is -0.414 e. The maximum atomic E-state index is 14.3. The fourth-order valence-electron chi connectivity index (χ4n) is 2.96. The second kappa shape index (κ2) is 9.29. The Morgan fingerprint density at radius 2 is 1.13 bits per heavy atom. The Balaban J connectivity index is 1.78. The molecule has 0 bridgehead atoms. The van der Waals surface area contributed by atoms with Gasteiger partial charge in [-0.25, -0.2) is 4.57 Å². The predicted octanol–water partition coefficient (Wildman–Crippen LogP) is 6.54. The number of pyridine rings is 1. The van der Waals surface area contributed by atoms with Gasteiger partial charge in [-0.1, -0.05) is 54.6 Å². The fourth-order valence-corrected chi connectivity index (χ4v) is 4.89. The number of rotatable bonds is 8. The first-order chi connectivity index (χ1) is 14.7. The molecule has 0 aliphatic carbocycles. The summed E-state index contributed by atoms with van der Waals surface area (Å²) in [4.78, 5) is 4.09. The fraction of sp³-hybridized carbons (Fsp3) is 0.0417. The molecule has 1 aromatic heterocycles. The third kappa shape index (κ3) is 4.88. The van der Waals surface area contributed by atoms with Crippen molar-refractivity contribution in [3.8, 4) is 11.5 Å². The van der Waals surface area contributed by atoms with E-state index in [1.165, 1.54) is 0 Å². The molecule has 150 valence electrons. The van der Waals surface area contributed by atoms with E-state index in [1.54, 1.807) is 48.8 Å². The lowest BCUT2D eigenvalue weighted by molar-refractivity contribution is 0.376. The Morgan fingerprint density at radius 3 is 1.63 bits per heavy atom. The molecule has 1 atom stereocenters. The number of aromatic nitrogens is 1. The molecule has 30 heavy (non-hydrogen) atoms. The Labute approximate surface area is 175 Å². The van der Waals surface area contributed by atoms with Gasteiger partial charge in [0.15, 0.2) is 5.78 Å². The van der Waals surface area contributed by atoms with Crippen molar-refractivity contribution in [3.05, 3.63) is 121 Å². The zero-order chi connectivity index (χ0) is 20.7. The Hall–Kier alpha value is -3.56. The SMILES string of the molecule is O=P(Oc1ccccc1)(Oc1ccccc1)C(Nc1ccccc1)c1ccncc1. The summed E-state index contributed by atoms with van der Waals surface area (Å²) in [5.41, 5.74) is 1.54. The molecule has 0 spiro atoms. The van der Waals surface area contributed by atoms with E-state index in [1.807, 2.05) is 66.7 Å². The molecular formula is C24H21N2O3P. The van der Waals surface area contributed by atoms with Gasteiger partial charge in [-0.05, 0) is 54.1 Å². The molecule has 0 aliphatic rings. The van der Waals surface area contributed by atoms with E-state index >= 15 is 0 Å². The minimum absolute atomic E-state index is 0.464. The standard InChI is InChI=1S/C24H21N2O3P/c27-30(28-22-12-6-2-7-13-22,29-23-14-8-3-9-15-23)24(20-16-18-25-19-17-20)26-21-10-4-1-5-11-21/h1-19,24,26H. The van der Waals surface area contributed by atoms with E-state index in [2.05, 4.69) is 10.3 Å². The smallest absolute Gasteiger partial charge is 0.414 e. The molecule has 1 N–H and O–H groups in total. The van der Waals surface area contributed by atoms with Crippen LogP contribution in [0.25, 0.3) is 0 Å². The van der Waals surface area contributed by atoms with E-state index in [4.69, 9.17) is 9.05 Å². The van der Waals surface area contributed by atoms with Gasteiger partial charge in [-0.3, -0.25) is 4.98 Å². The van der Waals surface area contributed by atoms with Gasteiger partial charge in [0, 0.05) is 18.1 Å². The second-order valence-corrected chi connectivity index (χ2v) is 8.50. The van der Waals surface area contributed by atoms with Gasteiger partial charge in [0.25, 0.3) is 0 Å². The highest BCUT2D eigenvalue weighted by molar-refractivity contribution is 7.55. The third-order valence-electron chi connectivity index (χ3n) is 4.37. The van der Waals surface area contributed by atoms with Crippen molar-refractivity contribution in [2.24, 2.45) is 0 Å². The lowest BCUT2D eigenvalue weighted by Crippen LogP contribution is -2.18. The Kier molecular flexibility index (Phi) is 6.11. The third-order valence-corrected chi connectivity index (χ3v) is 6.36. The average molecular weight is 416 g/mol. The lowest BCUT2D eigenvalue weighted by Gasteiger charge is -2.29. The van der Waals surface area contributed by atoms with Crippen LogP contribution in [0, 0.1) is 0 Å². The van der Waals surface area contributed by atoms with Crippen LogP contribution in [0.4, 0.5) is 5.69 Å². The summed E-state index contributed by atoms with van der Waals surface area (Å²) in [5, 5.41) is 3.34.